The number of amides is 1. The zero-order chi connectivity index (χ0) is 15.3. The number of carbonyl (C=O) groups is 1. The number of likely N-dealkylation sites (tertiary alicyclic amines) is 1. The van der Waals surface area contributed by atoms with Gasteiger partial charge < -0.3 is 4.90 Å². The fraction of sp³-hybridized carbons (Fsp3) is 0.438. The predicted octanol–water partition coefficient (Wildman–Crippen LogP) is 1.55. The van der Waals surface area contributed by atoms with Crippen molar-refractivity contribution >= 4 is 16.8 Å². The van der Waals surface area contributed by atoms with Gasteiger partial charge in [0.2, 0.25) is 5.91 Å². The molecule has 5 nitrogen and oxygen atoms in total. The van der Waals surface area contributed by atoms with Crippen LogP contribution in [-0.4, -0.2) is 32.9 Å². The summed E-state index contributed by atoms with van der Waals surface area (Å²) in [7, 11) is 0. The lowest BCUT2D eigenvalue weighted by Gasteiger charge is -2.16. The lowest BCUT2D eigenvalue weighted by atomic mass is 10.1. The Morgan fingerprint density at radius 1 is 1.27 bits per heavy atom. The molecule has 1 aromatic carbocycles. The average molecular weight is 301 g/mol. The molecule has 1 aromatic heterocycles. The molecule has 1 saturated carbocycles. The van der Waals surface area contributed by atoms with Gasteiger partial charge in [-0.1, -0.05) is 0 Å². The van der Waals surface area contributed by atoms with Crippen LogP contribution >= 0.6 is 0 Å². The van der Waals surface area contributed by atoms with Crippen molar-refractivity contribution in [1.82, 2.24) is 14.5 Å². The highest BCUT2D eigenvalue weighted by molar-refractivity contribution is 5.79. The molecule has 2 heterocycles. The molecule has 0 radical (unpaired) electrons. The summed E-state index contributed by atoms with van der Waals surface area (Å²) in [6, 6.07) is 4.41. The topological polar surface area (TPSA) is 55.2 Å². The number of fused-ring (bicyclic) bond motifs is 1. The smallest absolute Gasteiger partial charge is 0.261 e. The molecule has 1 aliphatic carbocycles. The second kappa shape index (κ2) is 4.90. The number of nitrogens with zero attached hydrogens (tertiary/aromatic N) is 3. The first kappa shape index (κ1) is 13.4. The van der Waals surface area contributed by atoms with Crippen LogP contribution in [0.4, 0.5) is 4.39 Å². The fourth-order valence-electron chi connectivity index (χ4n) is 3.21. The zero-order valence-electron chi connectivity index (χ0n) is 12.0. The summed E-state index contributed by atoms with van der Waals surface area (Å²) in [4.78, 5) is 30.5. The Balaban J connectivity index is 1.59. The van der Waals surface area contributed by atoms with Gasteiger partial charge in [-0.15, -0.1) is 0 Å². The summed E-state index contributed by atoms with van der Waals surface area (Å²) >= 11 is 0. The van der Waals surface area contributed by atoms with E-state index in [0.29, 0.717) is 29.9 Å². The molecule has 2 aliphatic rings. The molecule has 22 heavy (non-hydrogen) atoms. The minimum Gasteiger partial charge on any atom is -0.339 e. The predicted molar refractivity (Wildman–Crippen MR) is 78.8 cm³/mol. The maximum absolute atomic E-state index is 13.2. The molecular weight excluding hydrogens is 285 g/mol. The van der Waals surface area contributed by atoms with Crippen molar-refractivity contribution in [2.24, 2.45) is 5.92 Å². The van der Waals surface area contributed by atoms with E-state index in [2.05, 4.69) is 4.98 Å². The van der Waals surface area contributed by atoms with Crippen molar-refractivity contribution < 1.29 is 9.18 Å². The van der Waals surface area contributed by atoms with Crippen LogP contribution in [0, 0.1) is 11.7 Å². The second-order valence-electron chi connectivity index (χ2n) is 6.21. The van der Waals surface area contributed by atoms with Gasteiger partial charge in [0.25, 0.3) is 5.56 Å². The molecule has 0 N–H and O–H groups in total. The van der Waals surface area contributed by atoms with Crippen molar-refractivity contribution in [2.75, 3.05) is 6.54 Å². The largest absolute Gasteiger partial charge is 0.339 e. The fourth-order valence-corrected chi connectivity index (χ4v) is 3.21. The van der Waals surface area contributed by atoms with E-state index in [4.69, 9.17) is 0 Å². The van der Waals surface area contributed by atoms with E-state index in [1.165, 1.54) is 29.1 Å². The molecule has 2 fully saturated rings. The van der Waals surface area contributed by atoms with E-state index < -0.39 is 5.82 Å². The Kier molecular flexibility index (Phi) is 2.99. The lowest BCUT2D eigenvalue weighted by Crippen LogP contribution is -2.29. The number of hydrogen-bond donors (Lipinski definition) is 0. The van der Waals surface area contributed by atoms with Crippen LogP contribution in [0.2, 0.25) is 0 Å². The van der Waals surface area contributed by atoms with Crippen LogP contribution in [-0.2, 0) is 11.3 Å². The Morgan fingerprint density at radius 3 is 2.86 bits per heavy atom. The Morgan fingerprint density at radius 2 is 2.09 bits per heavy atom. The molecule has 1 saturated heterocycles. The molecule has 1 atom stereocenters. The summed E-state index contributed by atoms with van der Waals surface area (Å²) in [5.41, 5.74) is 0.186. The molecule has 1 unspecified atom stereocenters. The molecule has 1 aliphatic heterocycles. The number of aromatic nitrogens is 2. The molecule has 0 spiro atoms. The van der Waals surface area contributed by atoms with Crippen LogP contribution in [0.5, 0.6) is 0 Å². The quantitative estimate of drug-likeness (QED) is 0.864. The lowest BCUT2D eigenvalue weighted by molar-refractivity contribution is -0.128. The summed E-state index contributed by atoms with van der Waals surface area (Å²) in [6.07, 6.45) is 4.14. The monoisotopic (exact) mass is 301 g/mol. The highest BCUT2D eigenvalue weighted by Gasteiger charge is 2.39. The van der Waals surface area contributed by atoms with Gasteiger partial charge in [0.1, 0.15) is 5.82 Å². The highest BCUT2D eigenvalue weighted by Crippen LogP contribution is 2.32. The summed E-state index contributed by atoms with van der Waals surface area (Å²) < 4.78 is 14.7. The van der Waals surface area contributed by atoms with Crippen LogP contribution < -0.4 is 5.56 Å². The zero-order valence-corrected chi connectivity index (χ0v) is 12.0. The second-order valence-corrected chi connectivity index (χ2v) is 6.21. The van der Waals surface area contributed by atoms with Crippen LogP contribution in [0.1, 0.15) is 19.3 Å². The molecule has 114 valence electrons. The van der Waals surface area contributed by atoms with E-state index in [1.807, 2.05) is 4.90 Å². The number of rotatable bonds is 3. The maximum atomic E-state index is 13.2. The maximum Gasteiger partial charge on any atom is 0.261 e. The minimum absolute atomic E-state index is 0.144. The van der Waals surface area contributed by atoms with Crippen molar-refractivity contribution in [1.29, 1.82) is 0 Å². The molecule has 2 aromatic rings. The first-order valence-electron chi connectivity index (χ1n) is 7.56. The van der Waals surface area contributed by atoms with Gasteiger partial charge in [0.05, 0.1) is 17.2 Å². The van der Waals surface area contributed by atoms with Gasteiger partial charge >= 0.3 is 0 Å². The number of benzene rings is 1. The summed E-state index contributed by atoms with van der Waals surface area (Å²) in [5, 5.41) is 0.410. The van der Waals surface area contributed by atoms with Gasteiger partial charge in [0, 0.05) is 37.5 Å². The number of hydrogen-bond acceptors (Lipinski definition) is 3. The third-order valence-electron chi connectivity index (χ3n) is 4.47. The molecule has 1 amide bonds. The van der Waals surface area contributed by atoms with Crippen LogP contribution in [0.15, 0.2) is 29.3 Å². The van der Waals surface area contributed by atoms with Crippen molar-refractivity contribution in [3.8, 4) is 0 Å². The molecular formula is C16H16FN3O2. The third-order valence-corrected chi connectivity index (χ3v) is 4.47. The normalized spacial score (nSPS) is 21.8. The SMILES string of the molecule is O=C1CC(Cn2cnc3cc(F)ccc3c2=O)CN1C1CC1. The third kappa shape index (κ3) is 2.28. The van der Waals surface area contributed by atoms with Crippen molar-refractivity contribution in [3.05, 3.63) is 40.7 Å². The average Bonchev–Trinajstić information content (AvgIpc) is 3.26. The van der Waals surface area contributed by atoms with Gasteiger partial charge in [-0.05, 0) is 25.0 Å². The molecule has 0 bridgehead atoms. The van der Waals surface area contributed by atoms with Crippen molar-refractivity contribution in [2.45, 2.75) is 31.8 Å². The number of carbonyl (C=O) groups excluding carboxylic acids is 1. The van der Waals surface area contributed by atoms with E-state index in [0.717, 1.165) is 19.4 Å². The Labute approximate surface area is 126 Å². The first-order chi connectivity index (χ1) is 10.6. The van der Waals surface area contributed by atoms with Gasteiger partial charge in [-0.3, -0.25) is 14.2 Å². The Bertz CT molecular complexity index is 813. The van der Waals surface area contributed by atoms with Gasteiger partial charge in [-0.2, -0.15) is 0 Å². The van der Waals surface area contributed by atoms with E-state index in [-0.39, 0.29) is 17.4 Å². The van der Waals surface area contributed by atoms with Gasteiger partial charge in [0.15, 0.2) is 0 Å². The van der Waals surface area contributed by atoms with Gasteiger partial charge in [-0.25, -0.2) is 9.37 Å². The molecule has 6 heteroatoms. The number of halogens is 1. The van der Waals surface area contributed by atoms with Crippen LogP contribution in [0.3, 0.4) is 0 Å². The van der Waals surface area contributed by atoms with Crippen molar-refractivity contribution in [3.63, 3.8) is 0 Å². The highest BCUT2D eigenvalue weighted by atomic mass is 19.1. The summed E-state index contributed by atoms with van der Waals surface area (Å²) in [6.45, 7) is 1.20. The minimum atomic E-state index is -0.404. The van der Waals surface area contributed by atoms with E-state index in [1.54, 1.807) is 0 Å². The van der Waals surface area contributed by atoms with E-state index >= 15 is 0 Å². The summed E-state index contributed by atoms with van der Waals surface area (Å²) in [5.74, 6) is -0.0690. The van der Waals surface area contributed by atoms with E-state index in [9.17, 15) is 14.0 Å². The Hall–Kier alpha value is -2.24. The first-order valence-corrected chi connectivity index (χ1v) is 7.56. The standard InChI is InChI=1S/C16H16FN3O2/c17-11-1-4-13-14(6-11)18-9-19(16(13)22)7-10-5-15(21)20(8-10)12-2-3-12/h1,4,6,9-10,12H,2-3,5,7-8H2. The van der Waals surface area contributed by atoms with Crippen LogP contribution in [0.25, 0.3) is 10.9 Å². The molecule has 4 rings (SSSR count).